The molecule has 1 aromatic carbocycles. The summed E-state index contributed by atoms with van der Waals surface area (Å²) >= 11 is 0. The number of amides is 1. The van der Waals surface area contributed by atoms with Crippen molar-refractivity contribution < 1.29 is 14.8 Å². The molecule has 6 nitrogen and oxygen atoms in total. The van der Waals surface area contributed by atoms with Gasteiger partial charge in [0.2, 0.25) is 0 Å². The van der Waals surface area contributed by atoms with Crippen LogP contribution in [0.2, 0.25) is 0 Å². The van der Waals surface area contributed by atoms with Gasteiger partial charge in [0.15, 0.2) is 0 Å². The molecule has 3 atom stereocenters. The predicted octanol–water partition coefficient (Wildman–Crippen LogP) is 1.44. The molecule has 0 radical (unpaired) electrons. The van der Waals surface area contributed by atoms with Crippen molar-refractivity contribution in [3.63, 3.8) is 0 Å². The van der Waals surface area contributed by atoms with Gasteiger partial charge in [0.25, 0.3) is 11.6 Å². The van der Waals surface area contributed by atoms with E-state index in [2.05, 4.69) is 0 Å². The summed E-state index contributed by atoms with van der Waals surface area (Å²) in [4.78, 5) is 24.3. The highest BCUT2D eigenvalue weighted by molar-refractivity contribution is 5.95. The van der Waals surface area contributed by atoms with Gasteiger partial charge < -0.3 is 10.0 Å². The average molecular weight is 276 g/mol. The van der Waals surface area contributed by atoms with Crippen molar-refractivity contribution in [1.29, 1.82) is 0 Å². The normalized spacial score (nSPS) is 28.4. The topological polar surface area (TPSA) is 83.7 Å². The number of hydrogen-bond donors (Lipinski definition) is 1. The third kappa shape index (κ3) is 2.16. The summed E-state index contributed by atoms with van der Waals surface area (Å²) in [5.41, 5.74) is 0.268. The summed E-state index contributed by atoms with van der Waals surface area (Å²) in [5.74, 6) is 0.348. The number of benzene rings is 1. The number of carbonyl (C=O) groups is 1. The van der Waals surface area contributed by atoms with Crippen LogP contribution in [0.15, 0.2) is 24.3 Å². The van der Waals surface area contributed by atoms with Crippen molar-refractivity contribution in [3.05, 3.63) is 39.9 Å². The van der Waals surface area contributed by atoms with Gasteiger partial charge in [0.05, 0.1) is 11.0 Å². The molecule has 0 spiro atoms. The van der Waals surface area contributed by atoms with Crippen LogP contribution in [0.5, 0.6) is 0 Å². The van der Waals surface area contributed by atoms with E-state index in [-0.39, 0.29) is 23.6 Å². The number of nitro benzene ring substituents is 1. The number of nitro groups is 1. The van der Waals surface area contributed by atoms with Crippen LogP contribution >= 0.6 is 0 Å². The summed E-state index contributed by atoms with van der Waals surface area (Å²) in [6, 6.07) is 5.81. The van der Waals surface area contributed by atoms with Gasteiger partial charge in [-0.15, -0.1) is 0 Å². The number of likely N-dealkylation sites (tertiary alicyclic amines) is 1. The van der Waals surface area contributed by atoms with Crippen molar-refractivity contribution in [2.75, 3.05) is 13.1 Å². The van der Waals surface area contributed by atoms with Gasteiger partial charge in [-0.25, -0.2) is 0 Å². The van der Waals surface area contributed by atoms with E-state index in [4.69, 9.17) is 0 Å². The van der Waals surface area contributed by atoms with E-state index in [1.165, 1.54) is 18.2 Å². The van der Waals surface area contributed by atoms with Crippen LogP contribution in [0, 0.1) is 22.0 Å². The van der Waals surface area contributed by atoms with Crippen LogP contribution in [-0.4, -0.2) is 40.0 Å². The van der Waals surface area contributed by atoms with Crippen LogP contribution in [0.4, 0.5) is 5.69 Å². The molecule has 2 aliphatic rings. The maximum absolute atomic E-state index is 12.4. The van der Waals surface area contributed by atoms with E-state index in [0.29, 0.717) is 24.6 Å². The molecule has 1 N–H and O–H groups in total. The Kier molecular flexibility index (Phi) is 3.17. The smallest absolute Gasteiger partial charge is 0.270 e. The number of non-ortho nitro benzene ring substituents is 1. The summed E-state index contributed by atoms with van der Waals surface area (Å²) in [7, 11) is 0. The van der Waals surface area contributed by atoms with Gasteiger partial charge in [-0.2, -0.15) is 0 Å². The van der Waals surface area contributed by atoms with Crippen LogP contribution in [-0.2, 0) is 0 Å². The molecule has 1 aromatic rings. The molecular formula is C14H16N2O4. The quantitative estimate of drug-likeness (QED) is 0.654. The first-order valence-corrected chi connectivity index (χ1v) is 6.78. The lowest BCUT2D eigenvalue weighted by Crippen LogP contribution is -2.31. The minimum absolute atomic E-state index is 0.0738. The fraction of sp³-hybridized carbons (Fsp3) is 0.500. The number of carbonyl (C=O) groups excluding carboxylic acids is 1. The number of hydrogen-bond acceptors (Lipinski definition) is 4. The second-order valence-corrected chi connectivity index (χ2v) is 5.59. The molecule has 2 fully saturated rings. The van der Waals surface area contributed by atoms with Gasteiger partial charge in [-0.3, -0.25) is 14.9 Å². The number of aliphatic hydroxyl groups is 1. The molecule has 106 valence electrons. The van der Waals surface area contributed by atoms with E-state index in [1.807, 2.05) is 0 Å². The molecule has 3 rings (SSSR count). The maximum Gasteiger partial charge on any atom is 0.270 e. The summed E-state index contributed by atoms with van der Waals surface area (Å²) in [6.07, 6.45) is 1.45. The largest absolute Gasteiger partial charge is 0.393 e. The molecule has 0 aromatic heterocycles. The van der Waals surface area contributed by atoms with Crippen molar-refractivity contribution >= 4 is 11.6 Å². The van der Waals surface area contributed by atoms with E-state index in [0.717, 1.165) is 12.8 Å². The highest BCUT2D eigenvalue weighted by Crippen LogP contribution is 2.38. The molecule has 1 saturated heterocycles. The van der Waals surface area contributed by atoms with Gasteiger partial charge in [0.1, 0.15) is 0 Å². The molecule has 1 aliphatic carbocycles. The molecule has 0 bridgehead atoms. The average Bonchev–Trinajstić information content (AvgIpc) is 3.01. The zero-order valence-electron chi connectivity index (χ0n) is 10.9. The summed E-state index contributed by atoms with van der Waals surface area (Å²) < 4.78 is 0. The minimum atomic E-state index is -0.501. The third-order valence-electron chi connectivity index (χ3n) is 4.41. The number of fused-ring (bicyclic) bond motifs is 1. The van der Waals surface area contributed by atoms with Crippen molar-refractivity contribution in [2.45, 2.75) is 18.9 Å². The van der Waals surface area contributed by atoms with Crippen molar-refractivity contribution in [1.82, 2.24) is 4.90 Å². The Morgan fingerprint density at radius 2 is 2.15 bits per heavy atom. The Morgan fingerprint density at radius 3 is 2.85 bits per heavy atom. The highest BCUT2D eigenvalue weighted by Gasteiger charge is 2.43. The Labute approximate surface area is 116 Å². The van der Waals surface area contributed by atoms with Crippen LogP contribution in [0.3, 0.4) is 0 Å². The molecule has 6 heteroatoms. The first kappa shape index (κ1) is 13.1. The van der Waals surface area contributed by atoms with Crippen molar-refractivity contribution in [2.24, 2.45) is 11.8 Å². The molecule has 1 aliphatic heterocycles. The van der Waals surface area contributed by atoms with Crippen molar-refractivity contribution in [3.8, 4) is 0 Å². The monoisotopic (exact) mass is 276 g/mol. The highest BCUT2D eigenvalue weighted by atomic mass is 16.6. The number of nitrogens with zero attached hydrogens (tertiary/aromatic N) is 2. The van der Waals surface area contributed by atoms with Crippen LogP contribution in [0.25, 0.3) is 0 Å². The Hall–Kier alpha value is -1.95. The standard InChI is InChI=1S/C14H16N2O4/c17-13-5-4-10-7-15(8-12(10)13)14(18)9-2-1-3-11(6-9)16(19)20/h1-3,6,10,12-13,17H,4-5,7-8H2. The Bertz CT molecular complexity index is 560. The lowest BCUT2D eigenvalue weighted by molar-refractivity contribution is -0.384. The number of rotatable bonds is 2. The molecule has 20 heavy (non-hydrogen) atoms. The Balaban J connectivity index is 1.77. The zero-order valence-corrected chi connectivity index (χ0v) is 10.9. The van der Waals surface area contributed by atoms with Gasteiger partial charge in [-0.05, 0) is 24.8 Å². The second-order valence-electron chi connectivity index (χ2n) is 5.59. The fourth-order valence-corrected chi connectivity index (χ4v) is 3.34. The SMILES string of the molecule is O=C(c1cccc([N+](=O)[O-])c1)N1CC2CCC(O)C2C1. The molecule has 3 unspecified atom stereocenters. The molecule has 1 heterocycles. The lowest BCUT2D eigenvalue weighted by Gasteiger charge is -2.18. The summed E-state index contributed by atoms with van der Waals surface area (Å²) in [6.45, 7) is 1.19. The molecular weight excluding hydrogens is 260 g/mol. The first-order valence-electron chi connectivity index (χ1n) is 6.78. The van der Waals surface area contributed by atoms with Crippen LogP contribution in [0.1, 0.15) is 23.2 Å². The second kappa shape index (κ2) is 4.86. The first-order chi connectivity index (χ1) is 9.56. The van der Waals surface area contributed by atoms with E-state index in [9.17, 15) is 20.0 Å². The summed E-state index contributed by atoms with van der Waals surface area (Å²) in [5, 5.41) is 20.6. The van der Waals surface area contributed by atoms with Gasteiger partial charge in [0, 0.05) is 36.7 Å². The zero-order chi connectivity index (χ0) is 14.3. The van der Waals surface area contributed by atoms with E-state index < -0.39 is 4.92 Å². The molecule has 1 amide bonds. The van der Waals surface area contributed by atoms with Crippen LogP contribution < -0.4 is 0 Å². The van der Waals surface area contributed by atoms with E-state index >= 15 is 0 Å². The molecule has 1 saturated carbocycles. The lowest BCUT2D eigenvalue weighted by atomic mass is 10.00. The van der Waals surface area contributed by atoms with Gasteiger partial charge in [-0.1, -0.05) is 6.07 Å². The van der Waals surface area contributed by atoms with Gasteiger partial charge >= 0.3 is 0 Å². The third-order valence-corrected chi connectivity index (χ3v) is 4.41. The Morgan fingerprint density at radius 1 is 1.35 bits per heavy atom. The maximum atomic E-state index is 12.4. The fourth-order valence-electron chi connectivity index (χ4n) is 3.34. The predicted molar refractivity (Wildman–Crippen MR) is 71.2 cm³/mol. The van der Waals surface area contributed by atoms with E-state index in [1.54, 1.807) is 11.0 Å². The minimum Gasteiger partial charge on any atom is -0.393 e. The number of aliphatic hydroxyl groups excluding tert-OH is 1.